The monoisotopic (exact) mass is 251 g/mol. The predicted octanol–water partition coefficient (Wildman–Crippen LogP) is -0.0571. The summed E-state index contributed by atoms with van der Waals surface area (Å²) in [7, 11) is 4.11. The lowest BCUT2D eigenvalue weighted by Gasteiger charge is -2.11. The van der Waals surface area contributed by atoms with Crippen LogP contribution in [0.1, 0.15) is 11.1 Å². The van der Waals surface area contributed by atoms with E-state index in [1.807, 2.05) is 32.0 Å². The second kappa shape index (κ2) is 7.01. The van der Waals surface area contributed by atoms with E-state index in [2.05, 4.69) is 19.4 Å². The molecular formula is C14H23N2O2+. The number of carbonyl (C=O) groups excluding carboxylic acids is 1. The van der Waals surface area contributed by atoms with Gasteiger partial charge in [0.2, 0.25) is 0 Å². The third-order valence-corrected chi connectivity index (χ3v) is 2.65. The number of quaternary nitrogens is 1. The number of hydrogen-bond acceptors (Lipinski definition) is 2. The number of nitrogens with one attached hydrogen (secondary N) is 2. The highest BCUT2D eigenvalue weighted by atomic mass is 16.5. The highest BCUT2D eigenvalue weighted by Gasteiger charge is 2.05. The Morgan fingerprint density at radius 1 is 1.33 bits per heavy atom. The van der Waals surface area contributed by atoms with Crippen LogP contribution in [0, 0.1) is 13.8 Å². The molecule has 0 aromatic heterocycles. The standard InChI is InChI=1S/C14H22N2O2/c1-11-5-6-12(2)13(9-11)18-10-14(17)15-7-8-16(3)4/h5-6,9H,7-8,10H2,1-4H3,(H,15,17)/p+1. The molecule has 1 amide bonds. The van der Waals surface area contributed by atoms with Gasteiger partial charge in [-0.1, -0.05) is 12.1 Å². The molecule has 2 N–H and O–H groups in total. The van der Waals surface area contributed by atoms with Gasteiger partial charge in [-0.15, -0.1) is 0 Å². The maximum absolute atomic E-state index is 11.5. The molecule has 0 aliphatic carbocycles. The van der Waals surface area contributed by atoms with Crippen LogP contribution in [0.2, 0.25) is 0 Å². The minimum absolute atomic E-state index is 0.0721. The van der Waals surface area contributed by atoms with Crippen LogP contribution in [0.4, 0.5) is 0 Å². The number of likely N-dealkylation sites (N-methyl/N-ethyl adjacent to an activating group) is 1. The van der Waals surface area contributed by atoms with Gasteiger partial charge in [-0.3, -0.25) is 4.79 Å². The van der Waals surface area contributed by atoms with Crippen molar-refractivity contribution in [3.63, 3.8) is 0 Å². The van der Waals surface area contributed by atoms with Gasteiger partial charge in [0.15, 0.2) is 6.61 Å². The molecule has 0 bridgehead atoms. The van der Waals surface area contributed by atoms with Gasteiger partial charge in [0.25, 0.3) is 5.91 Å². The van der Waals surface area contributed by atoms with Crippen molar-refractivity contribution in [2.45, 2.75) is 13.8 Å². The topological polar surface area (TPSA) is 42.8 Å². The zero-order valence-corrected chi connectivity index (χ0v) is 11.7. The number of carbonyl (C=O) groups is 1. The fourth-order valence-corrected chi connectivity index (χ4v) is 1.51. The Bertz CT molecular complexity index is 403. The van der Waals surface area contributed by atoms with E-state index in [0.29, 0.717) is 6.54 Å². The van der Waals surface area contributed by atoms with Crippen molar-refractivity contribution in [1.29, 1.82) is 0 Å². The van der Waals surface area contributed by atoms with Crippen LogP contribution in [0.3, 0.4) is 0 Å². The van der Waals surface area contributed by atoms with Gasteiger partial charge in [0.1, 0.15) is 5.75 Å². The van der Waals surface area contributed by atoms with Crippen molar-refractivity contribution in [2.24, 2.45) is 0 Å². The minimum atomic E-state index is -0.0721. The Morgan fingerprint density at radius 2 is 2.06 bits per heavy atom. The van der Waals surface area contributed by atoms with E-state index in [1.165, 1.54) is 4.90 Å². The molecule has 18 heavy (non-hydrogen) atoms. The lowest BCUT2D eigenvalue weighted by molar-refractivity contribution is -0.856. The number of benzene rings is 1. The average Bonchev–Trinajstić information content (AvgIpc) is 2.30. The summed E-state index contributed by atoms with van der Waals surface area (Å²) in [6, 6.07) is 5.98. The van der Waals surface area contributed by atoms with Gasteiger partial charge in [-0.25, -0.2) is 0 Å². The Balaban J connectivity index is 2.36. The summed E-state index contributed by atoms with van der Waals surface area (Å²) in [6.07, 6.45) is 0. The van der Waals surface area contributed by atoms with E-state index in [1.54, 1.807) is 0 Å². The van der Waals surface area contributed by atoms with Crippen LogP contribution >= 0.6 is 0 Å². The van der Waals surface area contributed by atoms with Gasteiger partial charge < -0.3 is 15.0 Å². The van der Waals surface area contributed by atoms with Gasteiger partial charge in [0, 0.05) is 0 Å². The molecule has 0 heterocycles. The number of aryl methyl sites for hydroxylation is 2. The number of ether oxygens (including phenoxy) is 1. The molecule has 4 heteroatoms. The molecule has 0 aliphatic heterocycles. The molecule has 0 aliphatic rings. The Labute approximate surface area is 109 Å². The number of rotatable bonds is 6. The van der Waals surface area contributed by atoms with Crippen LogP contribution < -0.4 is 15.0 Å². The first-order valence-corrected chi connectivity index (χ1v) is 6.25. The lowest BCUT2D eigenvalue weighted by Crippen LogP contribution is -3.06. The van der Waals surface area contributed by atoms with Crippen molar-refractivity contribution in [3.8, 4) is 5.75 Å². The molecule has 0 saturated heterocycles. The highest BCUT2D eigenvalue weighted by molar-refractivity contribution is 5.77. The highest BCUT2D eigenvalue weighted by Crippen LogP contribution is 2.18. The molecule has 4 nitrogen and oxygen atoms in total. The quantitative estimate of drug-likeness (QED) is 0.744. The van der Waals surface area contributed by atoms with E-state index in [0.717, 1.165) is 23.4 Å². The van der Waals surface area contributed by atoms with E-state index in [9.17, 15) is 4.79 Å². The van der Waals surface area contributed by atoms with E-state index in [4.69, 9.17) is 4.74 Å². The van der Waals surface area contributed by atoms with Crippen LogP contribution in [0.5, 0.6) is 5.75 Å². The normalized spacial score (nSPS) is 10.5. The molecule has 100 valence electrons. The van der Waals surface area contributed by atoms with Crippen LogP contribution in [-0.2, 0) is 4.79 Å². The fourth-order valence-electron chi connectivity index (χ4n) is 1.51. The molecule has 1 aromatic carbocycles. The predicted molar refractivity (Wildman–Crippen MR) is 72.1 cm³/mol. The van der Waals surface area contributed by atoms with Crippen molar-refractivity contribution in [1.82, 2.24) is 5.32 Å². The third kappa shape index (κ3) is 5.19. The fraction of sp³-hybridized carbons (Fsp3) is 0.500. The molecule has 0 radical (unpaired) electrons. The zero-order valence-electron chi connectivity index (χ0n) is 11.7. The molecule has 1 rings (SSSR count). The summed E-state index contributed by atoms with van der Waals surface area (Å²) in [5.41, 5.74) is 2.18. The molecule has 0 fully saturated rings. The van der Waals surface area contributed by atoms with Crippen molar-refractivity contribution < 1.29 is 14.4 Å². The molecule has 0 unspecified atom stereocenters. The molecule has 0 saturated carbocycles. The van der Waals surface area contributed by atoms with Crippen molar-refractivity contribution >= 4 is 5.91 Å². The molecule has 0 spiro atoms. The first kappa shape index (κ1) is 14.5. The SMILES string of the molecule is Cc1ccc(C)c(OCC(=O)NCC[NH+](C)C)c1. The maximum atomic E-state index is 11.5. The van der Waals surface area contributed by atoms with Crippen molar-refractivity contribution in [3.05, 3.63) is 29.3 Å². The van der Waals surface area contributed by atoms with E-state index in [-0.39, 0.29) is 12.5 Å². The Kier molecular flexibility index (Phi) is 5.65. The molecular weight excluding hydrogens is 228 g/mol. The van der Waals surface area contributed by atoms with Gasteiger partial charge in [0.05, 0.1) is 27.2 Å². The summed E-state index contributed by atoms with van der Waals surface area (Å²) < 4.78 is 5.52. The molecule has 0 atom stereocenters. The smallest absolute Gasteiger partial charge is 0.258 e. The van der Waals surface area contributed by atoms with E-state index < -0.39 is 0 Å². The Morgan fingerprint density at radius 3 is 2.72 bits per heavy atom. The third-order valence-electron chi connectivity index (χ3n) is 2.65. The summed E-state index contributed by atoms with van der Waals surface area (Å²) in [6.45, 7) is 5.65. The summed E-state index contributed by atoms with van der Waals surface area (Å²) in [5, 5.41) is 2.83. The second-order valence-electron chi connectivity index (χ2n) is 4.86. The maximum Gasteiger partial charge on any atom is 0.258 e. The second-order valence-corrected chi connectivity index (χ2v) is 4.86. The van der Waals surface area contributed by atoms with Crippen LogP contribution in [-0.4, -0.2) is 39.7 Å². The van der Waals surface area contributed by atoms with Gasteiger partial charge in [-0.05, 0) is 31.0 Å². The average molecular weight is 251 g/mol. The first-order chi connectivity index (χ1) is 8.49. The lowest BCUT2D eigenvalue weighted by atomic mass is 10.1. The zero-order chi connectivity index (χ0) is 13.5. The molecule has 1 aromatic rings. The Hall–Kier alpha value is -1.55. The van der Waals surface area contributed by atoms with Crippen LogP contribution in [0.15, 0.2) is 18.2 Å². The van der Waals surface area contributed by atoms with E-state index >= 15 is 0 Å². The first-order valence-electron chi connectivity index (χ1n) is 6.25. The van der Waals surface area contributed by atoms with Crippen molar-refractivity contribution in [2.75, 3.05) is 33.8 Å². The number of hydrogen-bond donors (Lipinski definition) is 2. The van der Waals surface area contributed by atoms with Gasteiger partial charge in [-0.2, -0.15) is 0 Å². The minimum Gasteiger partial charge on any atom is -0.483 e. The largest absolute Gasteiger partial charge is 0.483 e. The van der Waals surface area contributed by atoms with Gasteiger partial charge >= 0.3 is 0 Å². The number of amides is 1. The summed E-state index contributed by atoms with van der Waals surface area (Å²) in [4.78, 5) is 12.9. The summed E-state index contributed by atoms with van der Waals surface area (Å²) >= 11 is 0. The van der Waals surface area contributed by atoms with Crippen LogP contribution in [0.25, 0.3) is 0 Å². The summed E-state index contributed by atoms with van der Waals surface area (Å²) in [5.74, 6) is 0.709.